The van der Waals surface area contributed by atoms with Crippen LogP contribution in [0.2, 0.25) is 20.1 Å². The summed E-state index contributed by atoms with van der Waals surface area (Å²) in [6.45, 7) is 0. The maximum Gasteiger partial charge on any atom is 0.263 e. The number of imidazole rings is 1. The van der Waals surface area contributed by atoms with Crippen LogP contribution >= 0.6 is 46.4 Å². The summed E-state index contributed by atoms with van der Waals surface area (Å²) in [4.78, 5) is 16.7. The van der Waals surface area contributed by atoms with E-state index in [9.17, 15) is 0 Å². The lowest BCUT2D eigenvalue weighted by Crippen LogP contribution is -2.32. The molecule has 7 aromatic rings. The highest BCUT2D eigenvalue weighted by atomic mass is 35.5. The lowest BCUT2D eigenvalue weighted by atomic mass is 10.0. The summed E-state index contributed by atoms with van der Waals surface area (Å²) >= 11 is 27.8. The van der Waals surface area contributed by atoms with Crippen molar-refractivity contribution in [2.45, 2.75) is 5.79 Å². The molecule has 1 aliphatic heterocycles. The third-order valence-corrected chi connectivity index (χ3v) is 10.3. The number of aromatic nitrogens is 2. The molecule has 6 aromatic carbocycles. The molecule has 0 spiro atoms. The Balaban J connectivity index is 1.60. The molecule has 0 fully saturated rings. The smallest absolute Gasteiger partial charge is 0.263 e. The van der Waals surface area contributed by atoms with Crippen molar-refractivity contribution in [2.75, 3.05) is 0 Å². The van der Waals surface area contributed by atoms with Crippen LogP contribution < -0.4 is 0 Å². The summed E-state index contributed by atoms with van der Waals surface area (Å²) < 4.78 is 2.04. The first kappa shape index (κ1) is 32.2. The van der Waals surface area contributed by atoms with Crippen LogP contribution in [-0.2, 0) is 5.79 Å². The van der Waals surface area contributed by atoms with E-state index in [-0.39, 0.29) is 0 Å². The number of hydrogen-bond acceptors (Lipinski definition) is 3. The van der Waals surface area contributed by atoms with Gasteiger partial charge in [-0.3, -0.25) is 4.57 Å². The quantitative estimate of drug-likeness (QED) is 0.161. The molecule has 0 aliphatic carbocycles. The zero-order valence-corrected chi connectivity index (χ0v) is 29.3. The van der Waals surface area contributed by atoms with Crippen LogP contribution in [0.4, 0.5) is 0 Å². The topological polar surface area (TPSA) is 42.5 Å². The van der Waals surface area contributed by atoms with E-state index < -0.39 is 5.79 Å². The lowest BCUT2D eigenvalue weighted by molar-refractivity contribution is 0.409. The Morgan fingerprint density at radius 2 is 0.900 bits per heavy atom. The molecule has 50 heavy (non-hydrogen) atoms. The third-order valence-electron chi connectivity index (χ3n) is 8.64. The molecular formula is C42H26Cl4N4. The van der Waals surface area contributed by atoms with E-state index in [1.165, 1.54) is 0 Å². The Labute approximate surface area is 310 Å². The minimum atomic E-state index is -1.55. The van der Waals surface area contributed by atoms with Gasteiger partial charge in [0.15, 0.2) is 0 Å². The van der Waals surface area contributed by atoms with Crippen LogP contribution in [0.3, 0.4) is 0 Å². The summed E-state index contributed by atoms with van der Waals surface area (Å²) in [6, 6.07) is 51.2. The average Bonchev–Trinajstić information content (AvgIpc) is 3.77. The van der Waals surface area contributed by atoms with Crippen LogP contribution in [0, 0.1) is 0 Å². The Kier molecular flexibility index (Phi) is 8.64. The number of hydrogen-bond donors (Lipinski definition) is 0. The van der Waals surface area contributed by atoms with Gasteiger partial charge in [0.05, 0.1) is 42.9 Å². The molecule has 1 aromatic heterocycles. The molecule has 0 unspecified atom stereocenters. The maximum atomic E-state index is 7.23. The zero-order valence-electron chi connectivity index (χ0n) is 26.3. The molecule has 1 aliphatic rings. The van der Waals surface area contributed by atoms with Crippen molar-refractivity contribution in [1.82, 2.24) is 9.55 Å². The molecule has 0 amide bonds. The first-order chi connectivity index (χ1) is 24.5. The van der Waals surface area contributed by atoms with Crippen molar-refractivity contribution < 1.29 is 0 Å². The summed E-state index contributed by atoms with van der Waals surface area (Å²) in [5.41, 5.74) is 7.58. The standard InChI is InChI=1S/C42H26Cl4N4/c43-33-25-13-23-31(35(33)45)41-47-39(29-19-9-3-10-20-29)40(30-21-11-4-12-22-30)50(41)42(32-24-14-26-34(44)36(32)46)48-37(27-15-5-1-6-16-27)38(49-42)28-17-7-2-8-18-28/h1-26H. The second kappa shape index (κ2) is 13.4. The van der Waals surface area contributed by atoms with E-state index in [0.717, 1.165) is 27.9 Å². The zero-order chi connectivity index (χ0) is 34.2. The molecular weight excluding hydrogens is 702 g/mol. The maximum absolute atomic E-state index is 7.23. The van der Waals surface area contributed by atoms with Gasteiger partial charge in [0, 0.05) is 33.4 Å². The SMILES string of the molecule is Clc1cccc(-c2nc(-c3ccccc3)c(-c3ccccc3)n2C2(c3cccc(Cl)c3Cl)N=C(c3ccccc3)C(c3ccccc3)=N2)c1Cl. The second-order valence-electron chi connectivity index (χ2n) is 11.7. The third kappa shape index (κ3) is 5.55. The monoisotopic (exact) mass is 726 g/mol. The Hall–Kier alpha value is -4.97. The van der Waals surface area contributed by atoms with Gasteiger partial charge in [0.2, 0.25) is 0 Å². The molecule has 0 saturated carbocycles. The first-order valence-electron chi connectivity index (χ1n) is 15.9. The first-order valence-corrected chi connectivity index (χ1v) is 17.4. The van der Waals surface area contributed by atoms with Crippen LogP contribution in [0.15, 0.2) is 168 Å². The molecule has 0 radical (unpaired) electrons. The average molecular weight is 729 g/mol. The van der Waals surface area contributed by atoms with Crippen LogP contribution in [-0.4, -0.2) is 21.0 Å². The van der Waals surface area contributed by atoms with Gasteiger partial charge in [0.1, 0.15) is 5.82 Å². The fraction of sp³-hybridized carbons (Fsp3) is 0.0238. The summed E-state index contributed by atoms with van der Waals surface area (Å²) in [7, 11) is 0. The highest BCUT2D eigenvalue weighted by Gasteiger charge is 2.46. The second-order valence-corrected chi connectivity index (χ2v) is 13.3. The highest BCUT2D eigenvalue weighted by molar-refractivity contribution is 6.54. The molecule has 0 N–H and O–H groups in total. The van der Waals surface area contributed by atoms with E-state index >= 15 is 0 Å². The van der Waals surface area contributed by atoms with E-state index in [2.05, 4.69) is 12.1 Å². The van der Waals surface area contributed by atoms with Crippen molar-refractivity contribution in [3.63, 3.8) is 0 Å². The summed E-state index contributed by atoms with van der Waals surface area (Å²) in [5, 5.41) is 1.44. The number of aliphatic imine (C=N–C) groups is 2. The Morgan fingerprint density at radius 1 is 0.440 bits per heavy atom. The lowest BCUT2D eigenvalue weighted by Gasteiger charge is -2.31. The van der Waals surface area contributed by atoms with E-state index in [1.54, 1.807) is 12.1 Å². The van der Waals surface area contributed by atoms with Crippen molar-refractivity contribution in [3.05, 3.63) is 195 Å². The van der Waals surface area contributed by atoms with Gasteiger partial charge in [-0.2, -0.15) is 0 Å². The predicted octanol–water partition coefficient (Wildman–Crippen LogP) is 12.1. The molecule has 2 heterocycles. The highest BCUT2D eigenvalue weighted by Crippen LogP contribution is 2.50. The fourth-order valence-corrected chi connectivity index (χ4v) is 7.19. The van der Waals surface area contributed by atoms with Crippen LogP contribution in [0.25, 0.3) is 33.9 Å². The van der Waals surface area contributed by atoms with Crippen molar-refractivity contribution in [1.29, 1.82) is 0 Å². The molecule has 242 valence electrons. The van der Waals surface area contributed by atoms with Gasteiger partial charge < -0.3 is 0 Å². The van der Waals surface area contributed by atoms with Gasteiger partial charge in [0.25, 0.3) is 5.79 Å². The molecule has 0 bridgehead atoms. The van der Waals surface area contributed by atoms with Crippen molar-refractivity contribution >= 4 is 57.8 Å². The molecule has 4 nitrogen and oxygen atoms in total. The Bertz CT molecular complexity index is 2350. The number of nitrogens with zero attached hydrogens (tertiary/aromatic N) is 4. The van der Waals surface area contributed by atoms with E-state index in [0.29, 0.717) is 54.2 Å². The fourth-order valence-electron chi connectivity index (χ4n) is 6.38. The number of benzene rings is 6. The normalized spacial score (nSPS) is 13.6. The van der Waals surface area contributed by atoms with Gasteiger partial charge in [-0.1, -0.05) is 186 Å². The molecule has 8 heteroatoms. The van der Waals surface area contributed by atoms with Gasteiger partial charge >= 0.3 is 0 Å². The largest absolute Gasteiger partial charge is 0.275 e. The molecule has 8 rings (SSSR count). The molecule has 0 saturated heterocycles. The number of halogens is 4. The van der Waals surface area contributed by atoms with Crippen molar-refractivity contribution in [3.8, 4) is 33.9 Å². The van der Waals surface area contributed by atoms with Gasteiger partial charge in [-0.05, 0) is 18.2 Å². The Morgan fingerprint density at radius 3 is 1.44 bits per heavy atom. The van der Waals surface area contributed by atoms with E-state index in [1.807, 2.05) is 138 Å². The number of rotatable bonds is 7. The predicted molar refractivity (Wildman–Crippen MR) is 208 cm³/mol. The van der Waals surface area contributed by atoms with Crippen LogP contribution in [0.1, 0.15) is 16.7 Å². The minimum absolute atomic E-state index is 0.320. The molecule has 0 atom stereocenters. The summed E-state index contributed by atoms with van der Waals surface area (Å²) in [6.07, 6.45) is 0. The van der Waals surface area contributed by atoms with Crippen LogP contribution in [0.5, 0.6) is 0 Å². The minimum Gasteiger partial charge on any atom is -0.275 e. The summed E-state index contributed by atoms with van der Waals surface area (Å²) in [5.74, 6) is -1.05. The van der Waals surface area contributed by atoms with Gasteiger partial charge in [-0.15, -0.1) is 0 Å². The van der Waals surface area contributed by atoms with Crippen molar-refractivity contribution in [2.24, 2.45) is 9.98 Å². The van der Waals surface area contributed by atoms with E-state index in [4.69, 9.17) is 61.4 Å². The van der Waals surface area contributed by atoms with Gasteiger partial charge in [-0.25, -0.2) is 15.0 Å².